The first-order valence-electron chi connectivity index (χ1n) is 12.3. The van der Waals surface area contributed by atoms with Gasteiger partial charge in [-0.05, 0) is 78.2 Å². The lowest BCUT2D eigenvalue weighted by atomic mass is 10.0. The third-order valence-electron chi connectivity index (χ3n) is 6.52. The van der Waals surface area contributed by atoms with Crippen LogP contribution in [0.3, 0.4) is 0 Å². The van der Waals surface area contributed by atoms with Gasteiger partial charge in [0.15, 0.2) is 10.7 Å². The molecule has 11 heteroatoms. The maximum absolute atomic E-state index is 13.8. The van der Waals surface area contributed by atoms with E-state index in [1.807, 2.05) is 13.0 Å². The Balaban J connectivity index is 1.77. The lowest BCUT2D eigenvalue weighted by Crippen LogP contribution is -2.23. The zero-order chi connectivity index (χ0) is 29.3. The fourth-order valence-electron chi connectivity index (χ4n) is 4.51. The lowest BCUT2D eigenvalue weighted by molar-refractivity contribution is 0.378. The van der Waals surface area contributed by atoms with Crippen LogP contribution in [0.4, 0.5) is 4.39 Å². The molecule has 0 saturated carbocycles. The summed E-state index contributed by atoms with van der Waals surface area (Å²) in [4.78, 5) is 20.3. The molecular formula is C30H24FN3O6S. The standard InChI is InChI=1S/C30H24FN3O6S/c1-18-17-32-16-15-23(18)19-9-13-22(14-10-19)41(37,38)27-29(35)33-28(20-7-11-21(31)12-8-20)34(30(27)36)26-24(39-2)5-4-6-25(26)40-3/h4-17,36H,1-3H3. The minimum absolute atomic E-state index is 0.0850. The highest BCUT2D eigenvalue weighted by Crippen LogP contribution is 2.40. The van der Waals surface area contributed by atoms with Crippen LogP contribution in [0.15, 0.2) is 99.8 Å². The number of para-hydroxylation sites is 1. The number of nitrogens with zero attached hydrogens (tertiary/aromatic N) is 3. The molecule has 0 aliphatic heterocycles. The van der Waals surface area contributed by atoms with Crippen LogP contribution in [0, 0.1) is 12.7 Å². The van der Waals surface area contributed by atoms with E-state index in [0.717, 1.165) is 33.4 Å². The molecular weight excluding hydrogens is 549 g/mol. The third-order valence-corrected chi connectivity index (χ3v) is 8.31. The van der Waals surface area contributed by atoms with Crippen molar-refractivity contribution in [2.45, 2.75) is 16.7 Å². The summed E-state index contributed by atoms with van der Waals surface area (Å²) in [7, 11) is -1.82. The molecule has 5 rings (SSSR count). The quantitative estimate of drug-likeness (QED) is 0.290. The summed E-state index contributed by atoms with van der Waals surface area (Å²) in [5, 5.41) is 11.6. The first kappa shape index (κ1) is 27.5. The van der Waals surface area contributed by atoms with Crippen LogP contribution in [0.1, 0.15) is 5.56 Å². The largest absolute Gasteiger partial charge is 0.494 e. The summed E-state index contributed by atoms with van der Waals surface area (Å²) in [5.41, 5.74) is 1.63. The van der Waals surface area contributed by atoms with Gasteiger partial charge in [0.05, 0.1) is 19.1 Å². The number of aryl methyl sites for hydroxylation is 1. The van der Waals surface area contributed by atoms with E-state index in [-0.39, 0.29) is 33.5 Å². The zero-order valence-corrected chi connectivity index (χ0v) is 23.0. The fraction of sp³-hybridized carbons (Fsp3) is 0.100. The van der Waals surface area contributed by atoms with E-state index in [9.17, 15) is 22.7 Å². The van der Waals surface area contributed by atoms with E-state index < -0.39 is 32.0 Å². The van der Waals surface area contributed by atoms with Gasteiger partial charge < -0.3 is 14.6 Å². The summed E-state index contributed by atoms with van der Waals surface area (Å²) < 4.78 is 53.4. The number of aromatic hydroxyl groups is 1. The minimum atomic E-state index is -4.58. The Bertz CT molecular complexity index is 1900. The zero-order valence-electron chi connectivity index (χ0n) is 22.2. The number of halogens is 1. The van der Waals surface area contributed by atoms with E-state index in [2.05, 4.69) is 9.97 Å². The number of hydrogen-bond acceptors (Lipinski definition) is 8. The molecule has 0 fully saturated rings. The normalized spacial score (nSPS) is 11.3. The van der Waals surface area contributed by atoms with Gasteiger partial charge >= 0.3 is 0 Å². The van der Waals surface area contributed by atoms with E-state index in [1.54, 1.807) is 42.7 Å². The maximum Gasteiger partial charge on any atom is 0.296 e. The van der Waals surface area contributed by atoms with Gasteiger partial charge in [-0.25, -0.2) is 12.8 Å². The average molecular weight is 574 g/mol. The number of ether oxygens (including phenoxy) is 2. The van der Waals surface area contributed by atoms with E-state index >= 15 is 0 Å². The summed E-state index contributed by atoms with van der Waals surface area (Å²) in [5.74, 6) is -1.23. The third kappa shape index (κ3) is 4.91. The molecule has 3 aromatic carbocycles. The average Bonchev–Trinajstić information content (AvgIpc) is 2.97. The Labute approximate surface area is 235 Å². The maximum atomic E-state index is 13.8. The van der Waals surface area contributed by atoms with Gasteiger partial charge in [-0.2, -0.15) is 4.98 Å². The van der Waals surface area contributed by atoms with Crippen molar-refractivity contribution in [3.63, 3.8) is 0 Å². The molecule has 9 nitrogen and oxygen atoms in total. The van der Waals surface area contributed by atoms with Crippen molar-refractivity contribution in [2.75, 3.05) is 14.2 Å². The number of hydrogen-bond donors (Lipinski definition) is 1. The molecule has 208 valence electrons. The van der Waals surface area contributed by atoms with Crippen LogP contribution in [-0.2, 0) is 9.84 Å². The van der Waals surface area contributed by atoms with Crippen molar-refractivity contribution in [1.29, 1.82) is 0 Å². The molecule has 0 radical (unpaired) electrons. The van der Waals surface area contributed by atoms with Crippen molar-refractivity contribution in [2.24, 2.45) is 0 Å². The molecule has 0 amide bonds. The van der Waals surface area contributed by atoms with Crippen LogP contribution >= 0.6 is 0 Å². The highest BCUT2D eigenvalue weighted by Gasteiger charge is 2.32. The SMILES string of the molecule is COc1cccc(OC)c1-n1c(-c2ccc(F)cc2)nc(=O)c(S(=O)(=O)c2ccc(-c3ccncc3C)cc2)c1O. The van der Waals surface area contributed by atoms with Gasteiger partial charge in [0, 0.05) is 18.0 Å². The Hall–Kier alpha value is -5.03. The monoisotopic (exact) mass is 573 g/mol. The number of sulfone groups is 1. The topological polar surface area (TPSA) is 121 Å². The minimum Gasteiger partial charge on any atom is -0.494 e. The summed E-state index contributed by atoms with van der Waals surface area (Å²) in [6, 6.07) is 17.5. The van der Waals surface area contributed by atoms with Crippen LogP contribution < -0.4 is 15.0 Å². The summed E-state index contributed by atoms with van der Waals surface area (Å²) in [6.07, 6.45) is 3.33. The molecule has 1 N–H and O–H groups in total. The summed E-state index contributed by atoms with van der Waals surface area (Å²) in [6.45, 7) is 1.88. The van der Waals surface area contributed by atoms with Gasteiger partial charge in [-0.15, -0.1) is 0 Å². The van der Waals surface area contributed by atoms with Gasteiger partial charge in [0.2, 0.25) is 15.7 Å². The molecule has 2 heterocycles. The van der Waals surface area contributed by atoms with Crippen molar-refractivity contribution in [1.82, 2.24) is 14.5 Å². The Morgan fingerprint density at radius 3 is 2.07 bits per heavy atom. The second-order valence-corrected chi connectivity index (χ2v) is 10.9. The molecule has 0 spiro atoms. The van der Waals surface area contributed by atoms with Gasteiger partial charge in [0.25, 0.3) is 5.56 Å². The smallest absolute Gasteiger partial charge is 0.296 e. The first-order chi connectivity index (χ1) is 19.7. The van der Waals surface area contributed by atoms with Crippen LogP contribution in [0.25, 0.3) is 28.2 Å². The molecule has 0 aliphatic carbocycles. The molecule has 41 heavy (non-hydrogen) atoms. The second-order valence-electron chi connectivity index (χ2n) is 8.97. The van der Waals surface area contributed by atoms with Gasteiger partial charge in [0.1, 0.15) is 23.0 Å². The predicted molar refractivity (Wildman–Crippen MR) is 150 cm³/mol. The van der Waals surface area contributed by atoms with Crippen molar-refractivity contribution in [3.05, 3.63) is 107 Å². The van der Waals surface area contributed by atoms with Crippen molar-refractivity contribution < 1.29 is 27.4 Å². The van der Waals surface area contributed by atoms with Crippen LogP contribution in [0.5, 0.6) is 17.4 Å². The Morgan fingerprint density at radius 2 is 1.49 bits per heavy atom. The molecule has 0 unspecified atom stereocenters. The number of methoxy groups -OCH3 is 2. The van der Waals surface area contributed by atoms with E-state index in [0.29, 0.717) is 0 Å². The number of benzene rings is 3. The number of pyridine rings is 1. The number of rotatable bonds is 7. The molecule has 0 atom stereocenters. The molecule has 5 aromatic rings. The molecule has 0 bridgehead atoms. The fourth-order valence-corrected chi connectivity index (χ4v) is 5.85. The van der Waals surface area contributed by atoms with E-state index in [4.69, 9.17) is 9.47 Å². The highest BCUT2D eigenvalue weighted by molar-refractivity contribution is 7.91. The lowest BCUT2D eigenvalue weighted by Gasteiger charge is -2.21. The molecule has 0 aliphatic rings. The van der Waals surface area contributed by atoms with Crippen molar-refractivity contribution in [3.8, 4) is 45.6 Å². The number of aromatic nitrogens is 3. The van der Waals surface area contributed by atoms with Gasteiger partial charge in [-0.3, -0.25) is 14.3 Å². The Kier molecular flexibility index (Phi) is 7.29. The van der Waals surface area contributed by atoms with Crippen molar-refractivity contribution >= 4 is 9.84 Å². The predicted octanol–water partition coefficient (Wildman–Crippen LogP) is 4.96. The van der Waals surface area contributed by atoms with Crippen LogP contribution in [-0.4, -0.2) is 42.3 Å². The van der Waals surface area contributed by atoms with E-state index in [1.165, 1.54) is 38.5 Å². The van der Waals surface area contributed by atoms with Gasteiger partial charge in [-0.1, -0.05) is 18.2 Å². The molecule has 2 aromatic heterocycles. The Morgan fingerprint density at radius 1 is 0.878 bits per heavy atom. The summed E-state index contributed by atoms with van der Waals surface area (Å²) >= 11 is 0. The van der Waals surface area contributed by atoms with Crippen LogP contribution in [0.2, 0.25) is 0 Å². The molecule has 0 saturated heterocycles. The second kappa shape index (κ2) is 10.9. The highest BCUT2D eigenvalue weighted by atomic mass is 32.2. The first-order valence-corrected chi connectivity index (χ1v) is 13.7.